The maximum Gasteiger partial charge on any atom is 0.139 e. The van der Waals surface area contributed by atoms with Crippen LogP contribution in [-0.4, -0.2) is 12.3 Å². The maximum absolute atomic E-state index is 12.9. The summed E-state index contributed by atoms with van der Waals surface area (Å²) in [5.74, 6) is -0.378. The summed E-state index contributed by atoms with van der Waals surface area (Å²) in [7, 11) is 0. The van der Waals surface area contributed by atoms with Crippen LogP contribution in [0.2, 0.25) is 0 Å². The van der Waals surface area contributed by atoms with Crippen molar-refractivity contribution in [2.24, 2.45) is 0 Å². The summed E-state index contributed by atoms with van der Waals surface area (Å²) in [6.45, 7) is 2.13. The molecule has 0 radical (unpaired) electrons. The summed E-state index contributed by atoms with van der Waals surface area (Å²) < 4.78 is 12.9. The van der Waals surface area contributed by atoms with Crippen LogP contribution in [0.5, 0.6) is 0 Å². The van der Waals surface area contributed by atoms with E-state index in [1.807, 2.05) is 0 Å². The second-order valence-corrected chi connectivity index (χ2v) is 3.28. The van der Waals surface area contributed by atoms with Crippen LogP contribution in [0.4, 0.5) is 10.1 Å². The minimum Gasteiger partial charge on any atom is -0.384 e. The number of carbonyl (C=O) groups is 1. The van der Waals surface area contributed by atoms with Gasteiger partial charge < -0.3 is 5.32 Å². The van der Waals surface area contributed by atoms with Gasteiger partial charge in [-0.1, -0.05) is 0 Å². The molecule has 1 aliphatic rings. The van der Waals surface area contributed by atoms with Crippen LogP contribution < -0.4 is 5.32 Å². The lowest BCUT2D eigenvalue weighted by Crippen LogP contribution is -2.10. The van der Waals surface area contributed by atoms with E-state index < -0.39 is 0 Å². The largest absolute Gasteiger partial charge is 0.384 e. The Kier molecular flexibility index (Phi) is 1.79. The molecule has 1 aromatic carbocycles. The Labute approximate surface area is 75.8 Å². The second-order valence-electron chi connectivity index (χ2n) is 3.28. The summed E-state index contributed by atoms with van der Waals surface area (Å²) in [5, 5.41) is 3.07. The normalized spacial score (nSPS) is 19.4. The lowest BCUT2D eigenvalue weighted by Gasteiger charge is -2.04. The maximum atomic E-state index is 12.9. The standard InChI is InChI=1S/C10H10FNO/c1-6(13)9-5-12-10-3-2-7(11)4-8(9)10/h2-4,9,12H,5H2,1H3. The van der Waals surface area contributed by atoms with E-state index in [1.54, 1.807) is 6.07 Å². The van der Waals surface area contributed by atoms with Gasteiger partial charge >= 0.3 is 0 Å². The molecular formula is C10H10FNO. The zero-order valence-electron chi connectivity index (χ0n) is 7.30. The van der Waals surface area contributed by atoms with E-state index in [0.29, 0.717) is 6.54 Å². The summed E-state index contributed by atoms with van der Waals surface area (Å²) >= 11 is 0. The monoisotopic (exact) mass is 179 g/mol. The van der Waals surface area contributed by atoms with Crippen molar-refractivity contribution < 1.29 is 9.18 Å². The minimum absolute atomic E-state index is 0.0804. The fourth-order valence-corrected chi connectivity index (χ4v) is 1.67. The highest BCUT2D eigenvalue weighted by molar-refractivity contribution is 5.87. The molecule has 68 valence electrons. The first kappa shape index (κ1) is 8.23. The van der Waals surface area contributed by atoms with E-state index >= 15 is 0 Å². The van der Waals surface area contributed by atoms with Gasteiger partial charge in [-0.3, -0.25) is 4.79 Å². The average Bonchev–Trinajstić information content (AvgIpc) is 2.46. The highest BCUT2D eigenvalue weighted by Gasteiger charge is 2.25. The van der Waals surface area contributed by atoms with Gasteiger partial charge in [0.2, 0.25) is 0 Å². The highest BCUT2D eigenvalue weighted by atomic mass is 19.1. The van der Waals surface area contributed by atoms with E-state index in [0.717, 1.165) is 11.3 Å². The van der Waals surface area contributed by atoms with Crippen molar-refractivity contribution in [3.05, 3.63) is 29.6 Å². The molecule has 1 aromatic rings. The van der Waals surface area contributed by atoms with Crippen LogP contribution in [0, 0.1) is 5.82 Å². The molecule has 0 saturated heterocycles. The molecule has 0 aromatic heterocycles. The van der Waals surface area contributed by atoms with Gasteiger partial charge in [-0.2, -0.15) is 0 Å². The third-order valence-corrected chi connectivity index (χ3v) is 2.38. The van der Waals surface area contributed by atoms with E-state index in [9.17, 15) is 9.18 Å². The third-order valence-electron chi connectivity index (χ3n) is 2.38. The molecular weight excluding hydrogens is 169 g/mol. The number of benzene rings is 1. The van der Waals surface area contributed by atoms with Crippen LogP contribution in [0.1, 0.15) is 18.4 Å². The number of halogens is 1. The number of carbonyl (C=O) groups excluding carboxylic acids is 1. The van der Waals surface area contributed by atoms with Gasteiger partial charge in [0.15, 0.2) is 0 Å². The number of hydrogen-bond acceptors (Lipinski definition) is 2. The predicted molar refractivity (Wildman–Crippen MR) is 48.3 cm³/mol. The van der Waals surface area contributed by atoms with Crippen molar-refractivity contribution in [1.82, 2.24) is 0 Å². The molecule has 13 heavy (non-hydrogen) atoms. The van der Waals surface area contributed by atoms with Crippen LogP contribution in [0.3, 0.4) is 0 Å². The molecule has 0 aliphatic carbocycles. The Morgan fingerprint density at radius 2 is 2.38 bits per heavy atom. The van der Waals surface area contributed by atoms with Gasteiger partial charge in [-0.15, -0.1) is 0 Å². The molecule has 0 saturated carbocycles. The van der Waals surface area contributed by atoms with Crippen molar-refractivity contribution >= 4 is 11.5 Å². The molecule has 1 heterocycles. The Bertz CT molecular complexity index is 362. The topological polar surface area (TPSA) is 29.1 Å². The van der Waals surface area contributed by atoms with Crippen molar-refractivity contribution in [3.8, 4) is 0 Å². The lowest BCUT2D eigenvalue weighted by atomic mass is 9.98. The molecule has 1 aliphatic heterocycles. The number of Topliss-reactive ketones (excluding diaryl/α,β-unsaturated/α-hetero) is 1. The number of fused-ring (bicyclic) bond motifs is 1. The van der Waals surface area contributed by atoms with Crippen molar-refractivity contribution in [1.29, 1.82) is 0 Å². The summed E-state index contributed by atoms with van der Waals surface area (Å²) in [6.07, 6.45) is 0. The third kappa shape index (κ3) is 1.30. The summed E-state index contributed by atoms with van der Waals surface area (Å²) in [4.78, 5) is 11.2. The predicted octanol–water partition coefficient (Wildman–Crippen LogP) is 1.92. The van der Waals surface area contributed by atoms with Gasteiger partial charge in [0.1, 0.15) is 11.6 Å². The number of nitrogens with one attached hydrogen (secondary N) is 1. The fourth-order valence-electron chi connectivity index (χ4n) is 1.67. The molecule has 1 atom stereocenters. The van der Waals surface area contributed by atoms with Gasteiger partial charge in [0.25, 0.3) is 0 Å². The Morgan fingerprint density at radius 1 is 1.62 bits per heavy atom. The van der Waals surface area contributed by atoms with Crippen molar-refractivity contribution in [2.75, 3.05) is 11.9 Å². The van der Waals surface area contributed by atoms with E-state index in [4.69, 9.17) is 0 Å². The number of hydrogen-bond donors (Lipinski definition) is 1. The minimum atomic E-state index is -0.284. The fraction of sp³-hybridized carbons (Fsp3) is 0.300. The highest BCUT2D eigenvalue weighted by Crippen LogP contribution is 2.32. The summed E-state index contributed by atoms with van der Waals surface area (Å²) in [6, 6.07) is 4.50. The van der Waals surface area contributed by atoms with E-state index in [1.165, 1.54) is 19.1 Å². The first-order valence-corrected chi connectivity index (χ1v) is 4.22. The number of ketones is 1. The average molecular weight is 179 g/mol. The Balaban J connectivity index is 2.46. The molecule has 0 spiro atoms. The van der Waals surface area contributed by atoms with E-state index in [-0.39, 0.29) is 17.5 Å². The lowest BCUT2D eigenvalue weighted by molar-refractivity contribution is -0.118. The van der Waals surface area contributed by atoms with Crippen molar-refractivity contribution in [3.63, 3.8) is 0 Å². The van der Waals surface area contributed by atoms with E-state index in [2.05, 4.69) is 5.32 Å². The molecule has 2 rings (SSSR count). The van der Waals surface area contributed by atoms with Gasteiger partial charge in [-0.05, 0) is 30.7 Å². The van der Waals surface area contributed by atoms with Gasteiger partial charge in [-0.25, -0.2) is 4.39 Å². The molecule has 3 heteroatoms. The first-order chi connectivity index (χ1) is 6.18. The summed E-state index contributed by atoms with van der Waals surface area (Å²) in [5.41, 5.74) is 1.66. The quantitative estimate of drug-likeness (QED) is 0.713. The van der Waals surface area contributed by atoms with Crippen LogP contribution in [0.25, 0.3) is 0 Å². The molecule has 1 unspecified atom stereocenters. The SMILES string of the molecule is CC(=O)C1CNc2ccc(F)cc21. The van der Waals surface area contributed by atoms with Crippen LogP contribution >= 0.6 is 0 Å². The number of rotatable bonds is 1. The Morgan fingerprint density at radius 3 is 3.08 bits per heavy atom. The number of anilines is 1. The zero-order valence-corrected chi connectivity index (χ0v) is 7.30. The first-order valence-electron chi connectivity index (χ1n) is 4.22. The molecule has 2 nitrogen and oxygen atoms in total. The van der Waals surface area contributed by atoms with Crippen LogP contribution in [-0.2, 0) is 4.79 Å². The van der Waals surface area contributed by atoms with Crippen molar-refractivity contribution in [2.45, 2.75) is 12.8 Å². The van der Waals surface area contributed by atoms with Gasteiger partial charge in [0.05, 0.1) is 5.92 Å². The molecule has 0 amide bonds. The molecule has 0 fully saturated rings. The van der Waals surface area contributed by atoms with Crippen LogP contribution in [0.15, 0.2) is 18.2 Å². The zero-order chi connectivity index (χ0) is 9.42. The molecule has 0 bridgehead atoms. The molecule has 1 N–H and O–H groups in total. The Hall–Kier alpha value is -1.38. The smallest absolute Gasteiger partial charge is 0.139 e. The second kappa shape index (κ2) is 2.83. The van der Waals surface area contributed by atoms with Gasteiger partial charge in [0, 0.05) is 12.2 Å².